The van der Waals surface area contributed by atoms with E-state index in [1.165, 1.54) is 0 Å². The van der Waals surface area contributed by atoms with Crippen LogP contribution in [0.3, 0.4) is 0 Å². The molecule has 338 valence electrons. The van der Waals surface area contributed by atoms with Crippen LogP contribution in [0, 0.1) is 0 Å². The zero-order chi connectivity index (χ0) is 48.1. The lowest BCUT2D eigenvalue weighted by Crippen LogP contribution is -2.01. The number of rotatable bonds is 11. The molecule has 0 saturated carbocycles. The Bertz CT molecular complexity index is 3630. The first-order valence-electron chi connectivity index (χ1n) is 24.4. The minimum atomic E-state index is 0.676. The summed E-state index contributed by atoms with van der Waals surface area (Å²) in [7, 11) is 0. The molecule has 0 radical (unpaired) electrons. The summed E-state index contributed by atoms with van der Waals surface area (Å²) in [6.07, 6.45) is 0. The van der Waals surface area contributed by atoms with Crippen LogP contribution in [-0.2, 0) is 0 Å². The van der Waals surface area contributed by atoms with E-state index >= 15 is 0 Å². The molecule has 0 N–H and O–H groups in total. The second-order valence-corrected chi connectivity index (χ2v) is 17.9. The summed E-state index contributed by atoms with van der Waals surface area (Å²) in [5.74, 6) is 0.676. The summed E-state index contributed by atoms with van der Waals surface area (Å²) >= 11 is 0. The number of hydrogen-bond acceptors (Lipinski definition) is 3. The van der Waals surface area contributed by atoms with Crippen LogP contribution >= 0.6 is 0 Å². The van der Waals surface area contributed by atoms with Gasteiger partial charge in [-0.15, -0.1) is 0 Å². The molecular formula is C69H47N3. The lowest BCUT2D eigenvalue weighted by atomic mass is 9.83. The molecule has 0 aliphatic carbocycles. The quantitative estimate of drug-likeness (QED) is 0.130. The van der Waals surface area contributed by atoms with Crippen LogP contribution < -0.4 is 0 Å². The molecule has 0 amide bonds. The van der Waals surface area contributed by atoms with Crippen molar-refractivity contribution in [2.75, 3.05) is 0 Å². The van der Waals surface area contributed by atoms with Crippen LogP contribution in [0.15, 0.2) is 285 Å². The Kier molecular flexibility index (Phi) is 12.0. The zero-order valence-corrected chi connectivity index (χ0v) is 39.5. The molecule has 0 aliphatic rings. The predicted molar refractivity (Wildman–Crippen MR) is 300 cm³/mol. The Morgan fingerprint density at radius 2 is 0.472 bits per heavy atom. The molecule has 0 aliphatic heterocycles. The zero-order valence-electron chi connectivity index (χ0n) is 39.5. The van der Waals surface area contributed by atoms with Crippen molar-refractivity contribution in [3.05, 3.63) is 285 Å². The smallest absolute Gasteiger partial charge is 0.160 e. The largest absolute Gasteiger partial charge is 0.246 e. The Balaban J connectivity index is 1.01. The van der Waals surface area contributed by atoms with Crippen LogP contribution in [0.5, 0.6) is 0 Å². The van der Waals surface area contributed by atoms with Gasteiger partial charge in [0.15, 0.2) is 5.82 Å². The molecule has 72 heavy (non-hydrogen) atoms. The average molecular weight is 918 g/mol. The molecule has 2 aromatic heterocycles. The van der Waals surface area contributed by atoms with Crippen LogP contribution in [0.25, 0.3) is 123 Å². The van der Waals surface area contributed by atoms with Gasteiger partial charge < -0.3 is 0 Å². The molecule has 10 aromatic carbocycles. The van der Waals surface area contributed by atoms with Gasteiger partial charge in [0, 0.05) is 44.5 Å². The monoisotopic (exact) mass is 917 g/mol. The van der Waals surface area contributed by atoms with Gasteiger partial charge in [-0.3, -0.25) is 0 Å². The third kappa shape index (κ3) is 8.95. The first kappa shape index (κ1) is 43.7. The van der Waals surface area contributed by atoms with Crippen molar-refractivity contribution in [1.29, 1.82) is 0 Å². The predicted octanol–water partition coefficient (Wildman–Crippen LogP) is 18.2. The normalized spacial score (nSPS) is 11.1. The Labute approximate surface area is 421 Å². The highest BCUT2D eigenvalue weighted by atomic mass is 14.9. The molecule has 0 bridgehead atoms. The van der Waals surface area contributed by atoms with Crippen molar-refractivity contribution in [2.45, 2.75) is 0 Å². The van der Waals surface area contributed by atoms with Gasteiger partial charge in [0.05, 0.1) is 22.8 Å². The van der Waals surface area contributed by atoms with Crippen molar-refractivity contribution >= 4 is 0 Å². The van der Waals surface area contributed by atoms with E-state index in [0.29, 0.717) is 5.82 Å². The van der Waals surface area contributed by atoms with Crippen LogP contribution in [0.4, 0.5) is 0 Å². The van der Waals surface area contributed by atoms with Crippen LogP contribution in [0.2, 0.25) is 0 Å². The summed E-state index contributed by atoms with van der Waals surface area (Å²) < 4.78 is 0. The molecule has 0 fully saturated rings. The van der Waals surface area contributed by atoms with Gasteiger partial charge in [-0.05, 0) is 80.4 Å². The topological polar surface area (TPSA) is 38.7 Å². The van der Waals surface area contributed by atoms with Gasteiger partial charge >= 0.3 is 0 Å². The van der Waals surface area contributed by atoms with Gasteiger partial charge in [0.25, 0.3) is 0 Å². The second-order valence-electron chi connectivity index (χ2n) is 17.9. The van der Waals surface area contributed by atoms with Crippen molar-refractivity contribution in [1.82, 2.24) is 15.0 Å². The van der Waals surface area contributed by atoms with Gasteiger partial charge in [0.2, 0.25) is 0 Å². The molecule has 3 heteroatoms. The van der Waals surface area contributed by atoms with E-state index in [1.807, 2.05) is 18.2 Å². The van der Waals surface area contributed by atoms with Crippen LogP contribution in [-0.4, -0.2) is 15.0 Å². The van der Waals surface area contributed by atoms with E-state index in [-0.39, 0.29) is 0 Å². The molecule has 0 spiro atoms. The molecule has 0 atom stereocenters. The average Bonchev–Trinajstić information content (AvgIpc) is 3.48. The minimum absolute atomic E-state index is 0.676. The van der Waals surface area contributed by atoms with E-state index in [0.717, 1.165) is 117 Å². The van der Waals surface area contributed by atoms with Gasteiger partial charge in [-0.2, -0.15) is 0 Å². The molecule has 3 nitrogen and oxygen atoms in total. The Morgan fingerprint density at radius 1 is 0.167 bits per heavy atom. The first-order chi connectivity index (χ1) is 35.7. The SMILES string of the molecule is c1ccc(-c2cc(-c3ccccc3)cc(-c3cc(-c4cccc(-c5ccc(-c6c(-c7ccccc7)c(-c7ccccc7)nc(-c7ccccc7)c6-c6ccccc6)cc5)c4)nc(-c4ccccc4)n3)c2)cc1. The molecular weight excluding hydrogens is 871 g/mol. The first-order valence-corrected chi connectivity index (χ1v) is 24.4. The summed E-state index contributed by atoms with van der Waals surface area (Å²) in [5, 5.41) is 0. The number of nitrogens with zero attached hydrogens (tertiary/aromatic N) is 3. The number of benzene rings is 10. The summed E-state index contributed by atoms with van der Waals surface area (Å²) in [6, 6.07) is 101. The van der Waals surface area contributed by atoms with E-state index in [4.69, 9.17) is 15.0 Å². The second kappa shape index (κ2) is 19.8. The minimum Gasteiger partial charge on any atom is -0.246 e. The van der Waals surface area contributed by atoms with E-state index in [9.17, 15) is 0 Å². The van der Waals surface area contributed by atoms with Gasteiger partial charge in [0.1, 0.15) is 0 Å². The van der Waals surface area contributed by atoms with E-state index in [2.05, 4.69) is 267 Å². The lowest BCUT2D eigenvalue weighted by molar-refractivity contribution is 1.18. The lowest BCUT2D eigenvalue weighted by Gasteiger charge is -2.23. The van der Waals surface area contributed by atoms with Gasteiger partial charge in [-0.1, -0.05) is 255 Å². The maximum atomic E-state index is 5.63. The van der Waals surface area contributed by atoms with Crippen molar-refractivity contribution in [2.24, 2.45) is 0 Å². The number of hydrogen-bond donors (Lipinski definition) is 0. The standard InChI is InChI=1S/C69H47N3/c1-8-23-48(24-9-1)59-44-60(49-25-10-2-11-26-49)46-61(45-59)63-47-62(70-69(71-63)56-35-20-7-21-36-56)58-38-22-37-57(43-58)50-39-41-53(42-40-50)64-65(51-27-12-3-13-28-51)67(54-31-16-5-17-32-54)72-68(55-33-18-6-19-34-55)66(64)52-29-14-4-15-30-52/h1-47H. The third-order valence-corrected chi connectivity index (χ3v) is 13.3. The summed E-state index contributed by atoms with van der Waals surface area (Å²) in [5.41, 5.74) is 22.1. The van der Waals surface area contributed by atoms with Gasteiger partial charge in [-0.25, -0.2) is 15.0 Å². The highest BCUT2D eigenvalue weighted by molar-refractivity contribution is 6.05. The Hall–Kier alpha value is -9.57. The van der Waals surface area contributed by atoms with E-state index < -0.39 is 0 Å². The number of pyridine rings is 1. The van der Waals surface area contributed by atoms with Crippen molar-refractivity contribution in [3.8, 4) is 123 Å². The van der Waals surface area contributed by atoms with Crippen LogP contribution in [0.1, 0.15) is 0 Å². The third-order valence-electron chi connectivity index (χ3n) is 13.3. The molecule has 0 unspecified atom stereocenters. The molecule has 12 aromatic rings. The van der Waals surface area contributed by atoms with E-state index in [1.54, 1.807) is 0 Å². The Morgan fingerprint density at radius 3 is 0.931 bits per heavy atom. The fourth-order valence-electron chi connectivity index (χ4n) is 9.77. The summed E-state index contributed by atoms with van der Waals surface area (Å²) in [6.45, 7) is 0. The highest BCUT2D eigenvalue weighted by Crippen LogP contribution is 2.49. The maximum Gasteiger partial charge on any atom is 0.160 e. The molecule has 2 heterocycles. The molecule has 12 rings (SSSR count). The van der Waals surface area contributed by atoms with Crippen molar-refractivity contribution in [3.63, 3.8) is 0 Å². The maximum absolute atomic E-state index is 5.63. The summed E-state index contributed by atoms with van der Waals surface area (Å²) in [4.78, 5) is 16.2. The fourth-order valence-corrected chi connectivity index (χ4v) is 9.77. The fraction of sp³-hybridized carbons (Fsp3) is 0. The number of aromatic nitrogens is 3. The highest BCUT2D eigenvalue weighted by Gasteiger charge is 2.25. The molecule has 0 saturated heterocycles. The van der Waals surface area contributed by atoms with Crippen molar-refractivity contribution < 1.29 is 0 Å².